The quantitative estimate of drug-likeness (QED) is 0.479. The Bertz CT molecular complexity index is 944. The Kier molecular flexibility index (Phi) is 2.16. The van der Waals surface area contributed by atoms with Gasteiger partial charge in [-0.05, 0) is 28.6 Å². The molecule has 0 unspecified atom stereocenters. The van der Waals surface area contributed by atoms with Crippen LogP contribution in [0, 0.1) is 0 Å². The molecule has 3 aromatic carbocycles. The van der Waals surface area contributed by atoms with E-state index in [2.05, 4.69) is 66.5 Å². The van der Waals surface area contributed by atoms with Crippen LogP contribution in [0.15, 0.2) is 48.5 Å². The highest BCUT2D eigenvalue weighted by Crippen LogP contribution is 2.31. The highest BCUT2D eigenvalue weighted by molar-refractivity contribution is 6.20. The van der Waals surface area contributed by atoms with Gasteiger partial charge < -0.3 is 4.98 Å². The molecule has 4 rings (SSSR count). The zero-order valence-electron chi connectivity index (χ0n) is 10.9. The predicted molar refractivity (Wildman–Crippen MR) is 83.3 cm³/mol. The van der Waals surface area contributed by atoms with E-state index < -0.39 is 0 Å². The number of nitrogens with one attached hydrogen (secondary N) is 1. The van der Waals surface area contributed by atoms with Crippen molar-refractivity contribution in [2.45, 2.75) is 13.3 Å². The monoisotopic (exact) mass is 245 g/mol. The van der Waals surface area contributed by atoms with Crippen LogP contribution in [-0.2, 0) is 0 Å². The standard InChI is InChI=1S/C18H15N/c1-2-6-16-15-10-5-9-14-13-8-4-3-7-12(13)11-17(19-16)18(14)15/h3-11,19H,2H2,1H3. The van der Waals surface area contributed by atoms with Gasteiger partial charge in [-0.3, -0.25) is 0 Å². The molecule has 19 heavy (non-hydrogen) atoms. The predicted octanol–water partition coefficient (Wildman–Crippen LogP) is 4.38. The number of hydrogen-bond donors (Lipinski definition) is 1. The molecule has 0 spiro atoms. The molecule has 92 valence electrons. The molecule has 0 fully saturated rings. The molecular formula is C18H15N. The zero-order valence-corrected chi connectivity index (χ0v) is 10.9. The summed E-state index contributed by atoms with van der Waals surface area (Å²) in [4.78, 5) is 3.56. The van der Waals surface area contributed by atoms with E-state index in [-0.39, 0.29) is 0 Å². The van der Waals surface area contributed by atoms with Crippen LogP contribution < -0.4 is 5.35 Å². The van der Waals surface area contributed by atoms with Crippen molar-refractivity contribution in [3.63, 3.8) is 0 Å². The summed E-state index contributed by atoms with van der Waals surface area (Å²) in [6, 6.07) is 17.5. The average Bonchev–Trinajstić information content (AvgIpc) is 2.79. The van der Waals surface area contributed by atoms with E-state index in [1.54, 1.807) is 0 Å². The minimum atomic E-state index is 1.05. The largest absolute Gasteiger partial charge is 0.355 e. The maximum Gasteiger partial charge on any atom is 0.0477 e. The molecule has 4 aromatic rings. The lowest BCUT2D eigenvalue weighted by molar-refractivity contribution is 1.26. The summed E-state index contributed by atoms with van der Waals surface area (Å²) in [5.74, 6) is 0. The Morgan fingerprint density at radius 1 is 0.947 bits per heavy atom. The van der Waals surface area contributed by atoms with Crippen LogP contribution in [0.25, 0.3) is 38.5 Å². The Labute approximate surface area is 111 Å². The van der Waals surface area contributed by atoms with Crippen molar-refractivity contribution in [2.75, 3.05) is 0 Å². The number of aromatic nitrogens is 1. The zero-order chi connectivity index (χ0) is 12.8. The molecule has 1 aromatic heterocycles. The van der Waals surface area contributed by atoms with Crippen LogP contribution in [0.5, 0.6) is 0 Å². The summed E-state index contributed by atoms with van der Waals surface area (Å²) in [6.45, 7) is 2.17. The van der Waals surface area contributed by atoms with Crippen molar-refractivity contribution in [3.05, 3.63) is 53.9 Å². The van der Waals surface area contributed by atoms with E-state index in [0.717, 1.165) is 6.42 Å². The normalized spacial score (nSPS) is 13.0. The first-order chi connectivity index (χ1) is 9.38. The van der Waals surface area contributed by atoms with Crippen molar-refractivity contribution in [3.8, 4) is 0 Å². The molecule has 0 saturated carbocycles. The number of H-pyrrole nitrogens is 1. The van der Waals surface area contributed by atoms with Gasteiger partial charge in [-0.2, -0.15) is 0 Å². The number of hydrogen-bond acceptors (Lipinski definition) is 0. The molecule has 1 nitrogen and oxygen atoms in total. The molecule has 1 heteroatoms. The van der Waals surface area contributed by atoms with Gasteiger partial charge in [-0.15, -0.1) is 0 Å². The van der Waals surface area contributed by atoms with Gasteiger partial charge >= 0.3 is 0 Å². The van der Waals surface area contributed by atoms with Crippen LogP contribution in [0.1, 0.15) is 13.3 Å². The number of fused-ring (bicyclic) bond motifs is 2. The fourth-order valence-electron chi connectivity index (χ4n) is 3.06. The topological polar surface area (TPSA) is 15.8 Å². The van der Waals surface area contributed by atoms with Crippen molar-refractivity contribution < 1.29 is 0 Å². The Morgan fingerprint density at radius 2 is 1.74 bits per heavy atom. The van der Waals surface area contributed by atoms with Crippen LogP contribution in [0.3, 0.4) is 0 Å². The van der Waals surface area contributed by atoms with E-state index in [9.17, 15) is 0 Å². The second-order valence-corrected chi connectivity index (χ2v) is 5.02. The Morgan fingerprint density at radius 3 is 2.63 bits per heavy atom. The van der Waals surface area contributed by atoms with Crippen molar-refractivity contribution in [2.24, 2.45) is 0 Å². The van der Waals surface area contributed by atoms with Crippen LogP contribution >= 0.6 is 0 Å². The molecule has 1 N–H and O–H groups in total. The summed E-state index contributed by atoms with van der Waals surface area (Å²) < 4.78 is 0. The Hall–Kier alpha value is -2.28. The fraction of sp³-hybridized carbons (Fsp3) is 0.111. The third kappa shape index (κ3) is 1.42. The van der Waals surface area contributed by atoms with Crippen LogP contribution in [0.2, 0.25) is 0 Å². The van der Waals surface area contributed by atoms with Crippen molar-refractivity contribution in [1.82, 2.24) is 4.98 Å². The molecular weight excluding hydrogens is 230 g/mol. The van der Waals surface area contributed by atoms with E-state index in [4.69, 9.17) is 0 Å². The summed E-state index contributed by atoms with van der Waals surface area (Å²) in [5.41, 5.74) is 1.24. The SMILES string of the molecule is CCC=c1[nH]c2cc3ccccc3c3cccc1c23. The third-order valence-corrected chi connectivity index (χ3v) is 3.85. The molecule has 0 aliphatic heterocycles. The summed E-state index contributed by atoms with van der Waals surface area (Å²) in [5, 5.41) is 7.92. The second kappa shape index (κ2) is 3.86. The van der Waals surface area contributed by atoms with Gasteiger partial charge in [0.2, 0.25) is 0 Å². The number of rotatable bonds is 1. The minimum Gasteiger partial charge on any atom is -0.355 e. The number of benzene rings is 3. The van der Waals surface area contributed by atoms with E-state index in [0.29, 0.717) is 0 Å². The molecule has 0 amide bonds. The first-order valence-electron chi connectivity index (χ1n) is 6.80. The van der Waals surface area contributed by atoms with Gasteiger partial charge in [0.15, 0.2) is 0 Å². The van der Waals surface area contributed by atoms with E-state index in [1.807, 2.05) is 0 Å². The minimum absolute atomic E-state index is 1.05. The maximum absolute atomic E-state index is 3.56. The molecule has 0 atom stereocenters. The molecule has 0 bridgehead atoms. The van der Waals surface area contributed by atoms with Gasteiger partial charge in [-0.1, -0.05) is 55.5 Å². The molecule has 0 aliphatic carbocycles. The van der Waals surface area contributed by atoms with Gasteiger partial charge in [0.1, 0.15) is 0 Å². The van der Waals surface area contributed by atoms with Crippen LogP contribution in [-0.4, -0.2) is 4.98 Å². The van der Waals surface area contributed by atoms with Gasteiger partial charge in [0.25, 0.3) is 0 Å². The van der Waals surface area contributed by atoms with E-state index in [1.165, 1.54) is 37.8 Å². The lowest BCUT2D eigenvalue weighted by Gasteiger charge is -2.03. The van der Waals surface area contributed by atoms with Gasteiger partial charge in [-0.25, -0.2) is 0 Å². The highest BCUT2D eigenvalue weighted by Gasteiger charge is 2.08. The fourth-order valence-corrected chi connectivity index (χ4v) is 3.06. The van der Waals surface area contributed by atoms with Crippen molar-refractivity contribution >= 4 is 38.5 Å². The molecule has 0 aliphatic rings. The molecule has 1 heterocycles. The summed E-state index contributed by atoms with van der Waals surface area (Å²) in [7, 11) is 0. The maximum atomic E-state index is 3.56. The van der Waals surface area contributed by atoms with Gasteiger partial charge in [0.05, 0.1) is 0 Å². The first kappa shape index (κ1) is 10.6. The summed E-state index contributed by atoms with van der Waals surface area (Å²) in [6.07, 6.45) is 3.31. The van der Waals surface area contributed by atoms with Gasteiger partial charge in [0, 0.05) is 21.6 Å². The third-order valence-electron chi connectivity index (χ3n) is 3.85. The molecule has 0 saturated heterocycles. The summed E-state index contributed by atoms with van der Waals surface area (Å²) >= 11 is 0. The average molecular weight is 245 g/mol. The lowest BCUT2D eigenvalue weighted by atomic mass is 10.00. The Balaban J connectivity index is 2.35. The lowest BCUT2D eigenvalue weighted by Crippen LogP contribution is -1.99. The van der Waals surface area contributed by atoms with Crippen molar-refractivity contribution in [1.29, 1.82) is 0 Å². The molecule has 0 radical (unpaired) electrons. The second-order valence-electron chi connectivity index (χ2n) is 5.02. The van der Waals surface area contributed by atoms with Crippen LogP contribution in [0.4, 0.5) is 0 Å². The first-order valence-corrected chi connectivity index (χ1v) is 6.80. The van der Waals surface area contributed by atoms with E-state index >= 15 is 0 Å². The highest BCUT2D eigenvalue weighted by atomic mass is 14.7. The smallest absolute Gasteiger partial charge is 0.0477 e. The number of aromatic amines is 1.